The summed E-state index contributed by atoms with van der Waals surface area (Å²) in [6.07, 6.45) is -0.994. The molecule has 0 radical (unpaired) electrons. The van der Waals surface area contributed by atoms with Gasteiger partial charge in [-0.3, -0.25) is 0 Å². The first-order valence-electron chi connectivity index (χ1n) is 6.73. The second-order valence-electron chi connectivity index (χ2n) is 4.75. The van der Waals surface area contributed by atoms with Crippen LogP contribution in [0.5, 0.6) is 0 Å². The van der Waals surface area contributed by atoms with Gasteiger partial charge in [-0.25, -0.2) is 18.7 Å². The highest BCUT2D eigenvalue weighted by molar-refractivity contribution is 5.60. The SMILES string of the molecule is N#Cc1nccnc1Nc1cccc(COCC(F)(F)C(F)F)c1. The van der Waals surface area contributed by atoms with E-state index in [2.05, 4.69) is 20.0 Å². The van der Waals surface area contributed by atoms with Crippen molar-refractivity contribution in [1.29, 1.82) is 5.26 Å². The number of nitrogens with one attached hydrogen (secondary N) is 1. The van der Waals surface area contributed by atoms with E-state index in [1.807, 2.05) is 6.07 Å². The van der Waals surface area contributed by atoms with Crippen LogP contribution in [0.4, 0.5) is 29.1 Å². The topological polar surface area (TPSA) is 70.8 Å². The van der Waals surface area contributed by atoms with Crippen LogP contribution in [0.2, 0.25) is 0 Å². The quantitative estimate of drug-likeness (QED) is 0.781. The molecule has 2 rings (SSSR count). The lowest BCUT2D eigenvalue weighted by atomic mass is 10.2. The fourth-order valence-corrected chi connectivity index (χ4v) is 1.75. The Bertz CT molecular complexity index is 733. The minimum atomic E-state index is -4.18. The zero-order valence-electron chi connectivity index (χ0n) is 12.2. The lowest BCUT2D eigenvalue weighted by molar-refractivity contribution is -0.168. The van der Waals surface area contributed by atoms with E-state index in [9.17, 15) is 17.6 Å². The first kappa shape index (κ1) is 17.6. The van der Waals surface area contributed by atoms with Crippen LogP contribution in [0, 0.1) is 11.3 Å². The van der Waals surface area contributed by atoms with Crippen LogP contribution in [0.3, 0.4) is 0 Å². The fraction of sp³-hybridized carbons (Fsp3) is 0.267. The lowest BCUT2D eigenvalue weighted by Crippen LogP contribution is -2.32. The Morgan fingerprint density at radius 3 is 2.71 bits per heavy atom. The van der Waals surface area contributed by atoms with E-state index in [4.69, 9.17) is 5.26 Å². The summed E-state index contributed by atoms with van der Waals surface area (Å²) in [5.41, 5.74) is 1.11. The number of nitriles is 1. The molecule has 0 spiro atoms. The highest BCUT2D eigenvalue weighted by Gasteiger charge is 2.40. The third-order valence-electron chi connectivity index (χ3n) is 2.88. The number of rotatable bonds is 7. The molecule has 1 N–H and O–H groups in total. The Balaban J connectivity index is 2.01. The maximum Gasteiger partial charge on any atom is 0.330 e. The molecule has 126 valence electrons. The average molecular weight is 340 g/mol. The molecule has 9 heteroatoms. The zero-order chi connectivity index (χ0) is 17.6. The lowest BCUT2D eigenvalue weighted by Gasteiger charge is -2.15. The number of alkyl halides is 4. The summed E-state index contributed by atoms with van der Waals surface area (Å²) in [6, 6.07) is 8.31. The maximum absolute atomic E-state index is 12.8. The molecule has 1 aromatic carbocycles. The van der Waals surface area contributed by atoms with Crippen LogP contribution >= 0.6 is 0 Å². The van der Waals surface area contributed by atoms with E-state index in [0.29, 0.717) is 11.3 Å². The van der Waals surface area contributed by atoms with Crippen molar-refractivity contribution in [2.24, 2.45) is 0 Å². The normalized spacial score (nSPS) is 11.3. The van der Waals surface area contributed by atoms with Crippen LogP contribution in [0.15, 0.2) is 36.7 Å². The summed E-state index contributed by atoms with van der Waals surface area (Å²) in [5.74, 6) is -3.95. The van der Waals surface area contributed by atoms with E-state index < -0.39 is 19.0 Å². The van der Waals surface area contributed by atoms with Gasteiger partial charge in [0.05, 0.1) is 6.61 Å². The summed E-state index contributed by atoms with van der Waals surface area (Å²) < 4.78 is 54.3. The van der Waals surface area contributed by atoms with Gasteiger partial charge in [-0.05, 0) is 17.7 Å². The molecule has 24 heavy (non-hydrogen) atoms. The van der Waals surface area contributed by atoms with Crippen molar-refractivity contribution in [2.45, 2.75) is 19.0 Å². The van der Waals surface area contributed by atoms with Crippen molar-refractivity contribution in [2.75, 3.05) is 11.9 Å². The van der Waals surface area contributed by atoms with Crippen molar-refractivity contribution in [3.8, 4) is 6.07 Å². The average Bonchev–Trinajstić information content (AvgIpc) is 2.55. The molecule has 0 amide bonds. The number of halogens is 4. The Kier molecular flexibility index (Phi) is 5.65. The van der Waals surface area contributed by atoms with Gasteiger partial charge in [-0.1, -0.05) is 12.1 Å². The molecule has 0 atom stereocenters. The van der Waals surface area contributed by atoms with Gasteiger partial charge < -0.3 is 10.1 Å². The van der Waals surface area contributed by atoms with Gasteiger partial charge in [-0.2, -0.15) is 14.0 Å². The van der Waals surface area contributed by atoms with Crippen LogP contribution in [0.25, 0.3) is 0 Å². The molecule has 0 aliphatic carbocycles. The number of ether oxygens (including phenoxy) is 1. The van der Waals surface area contributed by atoms with Crippen LogP contribution < -0.4 is 5.32 Å². The van der Waals surface area contributed by atoms with Crippen molar-refractivity contribution in [3.05, 3.63) is 47.9 Å². The van der Waals surface area contributed by atoms with Crippen molar-refractivity contribution < 1.29 is 22.3 Å². The van der Waals surface area contributed by atoms with Crippen molar-refractivity contribution in [3.63, 3.8) is 0 Å². The molecule has 0 saturated carbocycles. The number of anilines is 2. The molecule has 0 aliphatic heterocycles. The largest absolute Gasteiger partial charge is 0.370 e. The van der Waals surface area contributed by atoms with E-state index in [0.717, 1.165) is 0 Å². The molecule has 0 unspecified atom stereocenters. The number of hydrogen-bond acceptors (Lipinski definition) is 5. The molecule has 1 heterocycles. The van der Waals surface area contributed by atoms with Crippen molar-refractivity contribution >= 4 is 11.5 Å². The second-order valence-corrected chi connectivity index (χ2v) is 4.75. The molecule has 0 saturated heterocycles. The molecule has 0 aliphatic rings. The summed E-state index contributed by atoms with van der Waals surface area (Å²) in [5, 5.41) is 11.8. The Morgan fingerprint density at radius 1 is 1.25 bits per heavy atom. The van der Waals surface area contributed by atoms with Crippen LogP contribution in [-0.4, -0.2) is 28.9 Å². The summed E-state index contributed by atoms with van der Waals surface area (Å²) in [7, 11) is 0. The van der Waals surface area contributed by atoms with Crippen LogP contribution in [0.1, 0.15) is 11.3 Å². The van der Waals surface area contributed by atoms with Gasteiger partial charge in [-0.15, -0.1) is 0 Å². The smallest absolute Gasteiger partial charge is 0.330 e. The third kappa shape index (κ3) is 4.63. The number of benzene rings is 1. The highest BCUT2D eigenvalue weighted by Crippen LogP contribution is 2.24. The van der Waals surface area contributed by atoms with E-state index >= 15 is 0 Å². The van der Waals surface area contributed by atoms with Gasteiger partial charge in [0.25, 0.3) is 0 Å². The molecular weight excluding hydrogens is 328 g/mol. The minimum Gasteiger partial charge on any atom is -0.370 e. The predicted octanol–water partition coefficient (Wildman–Crippen LogP) is 3.51. The zero-order valence-corrected chi connectivity index (χ0v) is 12.2. The van der Waals surface area contributed by atoms with Gasteiger partial charge in [0.2, 0.25) is 0 Å². The molecular formula is C15H12F4N4O. The first-order chi connectivity index (χ1) is 11.4. The number of aromatic nitrogens is 2. The van der Waals surface area contributed by atoms with E-state index in [1.165, 1.54) is 12.4 Å². The van der Waals surface area contributed by atoms with Gasteiger partial charge >= 0.3 is 12.3 Å². The Hall–Kier alpha value is -2.73. The molecule has 2 aromatic rings. The van der Waals surface area contributed by atoms with Gasteiger partial charge in [0, 0.05) is 18.1 Å². The standard InChI is InChI=1S/C15H12F4N4O/c16-14(17)15(18,19)9-24-8-10-2-1-3-11(6-10)23-13-12(7-20)21-4-5-22-13/h1-6,14H,8-9H2,(H,22,23). The molecule has 0 fully saturated rings. The van der Waals surface area contributed by atoms with Crippen LogP contribution in [-0.2, 0) is 11.3 Å². The highest BCUT2D eigenvalue weighted by atomic mass is 19.3. The predicted molar refractivity (Wildman–Crippen MR) is 77.1 cm³/mol. The number of hydrogen-bond donors (Lipinski definition) is 1. The second kappa shape index (κ2) is 7.70. The van der Waals surface area contributed by atoms with Gasteiger partial charge in [0.15, 0.2) is 11.5 Å². The Morgan fingerprint density at radius 2 is 2.00 bits per heavy atom. The summed E-state index contributed by atoms with van der Waals surface area (Å²) in [6.45, 7) is -1.63. The monoisotopic (exact) mass is 340 g/mol. The maximum atomic E-state index is 12.8. The molecule has 0 bridgehead atoms. The third-order valence-corrected chi connectivity index (χ3v) is 2.88. The summed E-state index contributed by atoms with van der Waals surface area (Å²) >= 11 is 0. The van der Waals surface area contributed by atoms with Crippen molar-refractivity contribution in [1.82, 2.24) is 9.97 Å². The Labute approximate surface area is 134 Å². The molecule has 5 nitrogen and oxygen atoms in total. The van der Waals surface area contributed by atoms with Gasteiger partial charge in [0.1, 0.15) is 12.7 Å². The number of nitrogens with zero attached hydrogens (tertiary/aromatic N) is 3. The molecule has 1 aromatic heterocycles. The van der Waals surface area contributed by atoms with E-state index in [1.54, 1.807) is 24.3 Å². The first-order valence-corrected chi connectivity index (χ1v) is 6.73. The minimum absolute atomic E-state index is 0.0933. The van der Waals surface area contributed by atoms with E-state index in [-0.39, 0.29) is 18.1 Å². The fourth-order valence-electron chi connectivity index (χ4n) is 1.75. The summed E-state index contributed by atoms with van der Waals surface area (Å²) in [4.78, 5) is 7.82.